The van der Waals surface area contributed by atoms with Gasteiger partial charge in [-0.05, 0) is 31.7 Å². The monoisotopic (exact) mass is 304 g/mol. The second kappa shape index (κ2) is 5.78. The van der Waals surface area contributed by atoms with E-state index >= 15 is 0 Å². The maximum atomic E-state index is 12.7. The number of nitrogens with two attached hydrogens (primary N) is 1. The highest BCUT2D eigenvalue weighted by molar-refractivity contribution is 7.91. The molecule has 2 rings (SSSR count). The normalized spacial score (nSPS) is 17.8. The van der Waals surface area contributed by atoms with Crippen molar-refractivity contribution in [2.24, 2.45) is 5.92 Å². The zero-order valence-electron chi connectivity index (χ0n) is 11.2. The van der Waals surface area contributed by atoms with E-state index in [0.717, 1.165) is 12.8 Å². The number of sulfonamides is 1. The van der Waals surface area contributed by atoms with Gasteiger partial charge in [0.25, 0.3) is 10.0 Å². The van der Waals surface area contributed by atoms with Crippen molar-refractivity contribution in [1.82, 2.24) is 4.31 Å². The molecule has 1 aromatic heterocycles. The number of thiophene rings is 1. The van der Waals surface area contributed by atoms with Crippen LogP contribution < -0.4 is 5.73 Å². The summed E-state index contributed by atoms with van der Waals surface area (Å²) < 4.78 is 32.2. The van der Waals surface area contributed by atoms with E-state index < -0.39 is 10.0 Å². The van der Waals surface area contributed by atoms with E-state index in [0.29, 0.717) is 29.0 Å². The fraction of sp³-hybridized carbons (Fsp3) is 0.667. The maximum Gasteiger partial charge on any atom is 0.252 e. The number of nitrogen functional groups attached to an aromatic ring is 1. The quantitative estimate of drug-likeness (QED) is 0.833. The van der Waals surface area contributed by atoms with Crippen molar-refractivity contribution in [1.29, 1.82) is 0 Å². The largest absolute Gasteiger partial charge is 0.398 e. The Morgan fingerprint density at radius 3 is 2.74 bits per heavy atom. The Morgan fingerprint density at radius 1 is 1.58 bits per heavy atom. The van der Waals surface area contributed by atoms with Crippen molar-refractivity contribution in [2.45, 2.75) is 30.0 Å². The van der Waals surface area contributed by atoms with Crippen molar-refractivity contribution >= 4 is 27.0 Å². The molecule has 0 amide bonds. The Bertz CT molecular complexity index is 523. The van der Waals surface area contributed by atoms with Gasteiger partial charge in [0.1, 0.15) is 4.21 Å². The van der Waals surface area contributed by atoms with Crippen molar-refractivity contribution in [3.8, 4) is 0 Å². The summed E-state index contributed by atoms with van der Waals surface area (Å²) in [6.45, 7) is 2.76. The van der Waals surface area contributed by atoms with Crippen LogP contribution in [0.25, 0.3) is 0 Å². The molecule has 5 nitrogen and oxygen atoms in total. The number of methoxy groups -OCH3 is 1. The van der Waals surface area contributed by atoms with Gasteiger partial charge < -0.3 is 10.5 Å². The Morgan fingerprint density at radius 2 is 2.26 bits per heavy atom. The number of nitrogens with zero attached hydrogens (tertiary/aromatic N) is 1. The summed E-state index contributed by atoms with van der Waals surface area (Å²) >= 11 is 1.17. The minimum Gasteiger partial charge on any atom is -0.398 e. The number of hydrogen-bond donors (Lipinski definition) is 1. The van der Waals surface area contributed by atoms with Gasteiger partial charge >= 0.3 is 0 Å². The van der Waals surface area contributed by atoms with Gasteiger partial charge in [-0.25, -0.2) is 8.42 Å². The highest BCUT2D eigenvalue weighted by Crippen LogP contribution is 2.37. The van der Waals surface area contributed by atoms with Gasteiger partial charge in [0.15, 0.2) is 0 Å². The Labute approximate surface area is 118 Å². The number of hydrogen-bond acceptors (Lipinski definition) is 5. The third-order valence-corrected chi connectivity index (χ3v) is 6.85. The topological polar surface area (TPSA) is 72.6 Å². The van der Waals surface area contributed by atoms with E-state index in [1.807, 2.05) is 6.92 Å². The molecule has 7 heteroatoms. The molecule has 1 aliphatic carbocycles. The van der Waals surface area contributed by atoms with Crippen LogP contribution in [0.5, 0.6) is 0 Å². The molecule has 1 unspecified atom stereocenters. The zero-order valence-corrected chi connectivity index (χ0v) is 12.8. The highest BCUT2D eigenvalue weighted by atomic mass is 32.2. The molecule has 1 aromatic rings. The molecule has 1 atom stereocenters. The number of anilines is 1. The van der Waals surface area contributed by atoms with Crippen molar-refractivity contribution in [3.63, 3.8) is 0 Å². The van der Waals surface area contributed by atoms with Crippen molar-refractivity contribution in [2.75, 3.05) is 26.0 Å². The van der Waals surface area contributed by atoms with E-state index in [1.165, 1.54) is 17.4 Å². The minimum atomic E-state index is -3.46. The Kier molecular flexibility index (Phi) is 4.50. The third-order valence-electron chi connectivity index (χ3n) is 3.43. The third kappa shape index (κ3) is 3.28. The van der Waals surface area contributed by atoms with Crippen LogP contribution in [0.2, 0.25) is 0 Å². The van der Waals surface area contributed by atoms with Crippen LogP contribution in [0.1, 0.15) is 19.8 Å². The average Bonchev–Trinajstić information content (AvgIpc) is 3.11. The smallest absolute Gasteiger partial charge is 0.252 e. The van der Waals surface area contributed by atoms with Gasteiger partial charge in [0.2, 0.25) is 0 Å². The van der Waals surface area contributed by atoms with E-state index in [-0.39, 0.29) is 6.04 Å². The first kappa shape index (κ1) is 14.8. The summed E-state index contributed by atoms with van der Waals surface area (Å²) in [6.07, 6.45) is 2.21. The lowest BCUT2D eigenvalue weighted by Crippen LogP contribution is -2.41. The van der Waals surface area contributed by atoms with Crippen molar-refractivity contribution in [3.05, 3.63) is 11.4 Å². The molecule has 1 aliphatic rings. The molecule has 0 saturated heterocycles. The minimum absolute atomic E-state index is 0.0171. The van der Waals surface area contributed by atoms with Gasteiger partial charge in [-0.15, -0.1) is 11.3 Å². The van der Waals surface area contributed by atoms with Gasteiger partial charge in [0.05, 0.1) is 6.61 Å². The summed E-state index contributed by atoms with van der Waals surface area (Å²) in [7, 11) is -1.89. The first-order valence-corrected chi connectivity index (χ1v) is 8.63. The Hall–Kier alpha value is -0.630. The molecule has 1 fully saturated rings. The molecular formula is C12H20N2O3S2. The summed E-state index contributed by atoms with van der Waals surface area (Å²) in [5.74, 6) is 0.476. The molecule has 0 aromatic carbocycles. The fourth-order valence-corrected chi connectivity index (χ4v) is 5.00. The van der Waals surface area contributed by atoms with E-state index in [4.69, 9.17) is 10.5 Å². The van der Waals surface area contributed by atoms with Crippen molar-refractivity contribution < 1.29 is 13.2 Å². The lowest BCUT2D eigenvalue weighted by Gasteiger charge is -2.27. The molecule has 108 valence electrons. The molecule has 19 heavy (non-hydrogen) atoms. The Balaban J connectivity index is 2.25. The first-order chi connectivity index (χ1) is 8.96. The van der Waals surface area contributed by atoms with Crippen LogP contribution in [0, 0.1) is 5.92 Å². The number of rotatable bonds is 7. The zero-order chi connectivity index (χ0) is 14.0. The first-order valence-electron chi connectivity index (χ1n) is 6.31. The maximum absolute atomic E-state index is 12.7. The SMILES string of the molecule is COCCN(C(C)C1CC1)S(=O)(=O)c1cc(N)cs1. The van der Waals surface area contributed by atoms with Crippen LogP contribution >= 0.6 is 11.3 Å². The molecule has 1 saturated carbocycles. The fourth-order valence-electron chi connectivity index (χ4n) is 2.12. The van der Waals surface area contributed by atoms with Gasteiger partial charge in [-0.3, -0.25) is 0 Å². The van der Waals surface area contributed by atoms with E-state index in [9.17, 15) is 8.42 Å². The number of ether oxygens (including phenoxy) is 1. The lowest BCUT2D eigenvalue weighted by molar-refractivity contribution is 0.164. The summed E-state index contributed by atoms with van der Waals surface area (Å²) in [6, 6.07) is 1.54. The van der Waals surface area contributed by atoms with Crippen LogP contribution in [-0.4, -0.2) is 39.0 Å². The molecule has 0 aliphatic heterocycles. The summed E-state index contributed by atoms with van der Waals surface area (Å²) in [5, 5.41) is 1.66. The molecule has 0 bridgehead atoms. The predicted molar refractivity (Wildman–Crippen MR) is 76.7 cm³/mol. The molecular weight excluding hydrogens is 284 g/mol. The second-order valence-corrected chi connectivity index (χ2v) is 7.91. The highest BCUT2D eigenvalue weighted by Gasteiger charge is 2.38. The van der Waals surface area contributed by atoms with Crippen LogP contribution in [0.4, 0.5) is 5.69 Å². The van der Waals surface area contributed by atoms with E-state index in [1.54, 1.807) is 16.8 Å². The van der Waals surface area contributed by atoms with Crippen LogP contribution in [0.3, 0.4) is 0 Å². The summed E-state index contributed by atoms with van der Waals surface area (Å²) in [4.78, 5) is 0. The molecule has 2 N–H and O–H groups in total. The van der Waals surface area contributed by atoms with Gasteiger partial charge in [0, 0.05) is 30.8 Å². The summed E-state index contributed by atoms with van der Waals surface area (Å²) in [5.41, 5.74) is 6.12. The van der Waals surface area contributed by atoms with Crippen LogP contribution in [-0.2, 0) is 14.8 Å². The molecule has 1 heterocycles. The second-order valence-electron chi connectivity index (χ2n) is 4.89. The average molecular weight is 304 g/mol. The lowest BCUT2D eigenvalue weighted by atomic mass is 10.2. The standard InChI is InChI=1S/C12H20N2O3S2/c1-9(10-3-4-10)14(5-6-17-2)19(15,16)12-7-11(13)8-18-12/h7-10H,3-6,13H2,1-2H3. The molecule has 0 spiro atoms. The predicted octanol–water partition coefficient (Wildman–Crippen LogP) is 1.77. The van der Waals surface area contributed by atoms with E-state index in [2.05, 4.69) is 0 Å². The van der Waals surface area contributed by atoms with Crippen LogP contribution in [0.15, 0.2) is 15.7 Å². The molecule has 0 radical (unpaired) electrons. The van der Waals surface area contributed by atoms with Gasteiger partial charge in [-0.1, -0.05) is 0 Å². The van der Waals surface area contributed by atoms with Gasteiger partial charge in [-0.2, -0.15) is 4.31 Å².